The number of nitrogen functional groups attached to an aromatic ring is 1. The minimum atomic E-state index is -1.14. The maximum absolute atomic E-state index is 15.0. The van der Waals surface area contributed by atoms with E-state index >= 15 is 4.39 Å². The van der Waals surface area contributed by atoms with Gasteiger partial charge >= 0.3 is 6.01 Å². The summed E-state index contributed by atoms with van der Waals surface area (Å²) >= 11 is 1.04. The predicted octanol–water partition coefficient (Wildman–Crippen LogP) is 4.39. The average molecular weight is 676 g/mol. The third-order valence-electron chi connectivity index (χ3n) is 10.0. The van der Waals surface area contributed by atoms with E-state index in [2.05, 4.69) is 11.0 Å². The Labute approximate surface area is 278 Å². The zero-order chi connectivity index (χ0) is 33.5. The number of nitrogens with zero attached hydrogens (tertiary/aromatic N) is 8. The number of ether oxygens (including phenoxy) is 2. The lowest BCUT2D eigenvalue weighted by atomic mass is 9.94. The monoisotopic (exact) mass is 675 g/mol. The number of hydrogen-bond donors (Lipinski definition) is 2. The first-order valence-corrected chi connectivity index (χ1v) is 16.7. The Hall–Kier alpha value is -4.36. The lowest BCUT2D eigenvalue weighted by Gasteiger charge is -2.31. The molecule has 3 N–H and O–H groups in total. The number of nitrogens with two attached hydrogens (primary N) is 1. The quantitative estimate of drug-likeness (QED) is 0.275. The van der Waals surface area contributed by atoms with Gasteiger partial charge in [0.2, 0.25) is 0 Å². The lowest BCUT2D eigenvalue weighted by Crippen LogP contribution is -2.44. The van der Waals surface area contributed by atoms with Crippen molar-refractivity contribution < 1.29 is 23.4 Å². The van der Waals surface area contributed by atoms with Crippen molar-refractivity contribution in [2.75, 3.05) is 56.6 Å². The molecule has 5 aromatic rings. The standard InChI is InChI=1S/C33H35F2N9O3S/c1-32(45)15-43(9-10-46-16-32)30-23-25-26(24(40-42(25)3)19-5-6-21(35)27-22(19)20(13-36)28(37)48-27)41(2)29(23)38-31(39-30)47-17-33-7-4-8-44(33)14-18(11-33)12-34/h5-6,12,45H,4,7-11,14-17,37H2,1-3H3/b18-12-/t32-,33-/m0/s1. The summed E-state index contributed by atoms with van der Waals surface area (Å²) in [6.45, 7) is 4.77. The number of benzene rings is 1. The summed E-state index contributed by atoms with van der Waals surface area (Å²) in [5.41, 5.74) is 8.78. The van der Waals surface area contributed by atoms with Gasteiger partial charge in [-0.1, -0.05) is 0 Å². The topological polar surface area (TPSA) is 144 Å². The number of fused-ring (bicyclic) bond motifs is 5. The second-order valence-electron chi connectivity index (χ2n) is 13.5. The van der Waals surface area contributed by atoms with Gasteiger partial charge in [0.05, 0.1) is 58.3 Å². The van der Waals surface area contributed by atoms with Gasteiger partial charge in [0.15, 0.2) is 5.65 Å². The van der Waals surface area contributed by atoms with Gasteiger partial charge in [-0.2, -0.15) is 20.3 Å². The molecule has 0 bridgehead atoms. The first-order valence-electron chi connectivity index (χ1n) is 15.9. The van der Waals surface area contributed by atoms with Crippen molar-refractivity contribution in [1.82, 2.24) is 29.2 Å². The van der Waals surface area contributed by atoms with E-state index in [-0.39, 0.29) is 35.3 Å². The maximum Gasteiger partial charge on any atom is 0.320 e. The van der Waals surface area contributed by atoms with Gasteiger partial charge < -0.3 is 29.8 Å². The van der Waals surface area contributed by atoms with Crippen LogP contribution in [-0.4, -0.2) is 91.5 Å². The summed E-state index contributed by atoms with van der Waals surface area (Å²) in [4.78, 5) is 14.2. The summed E-state index contributed by atoms with van der Waals surface area (Å²) in [6, 6.07) is 5.32. The van der Waals surface area contributed by atoms with Crippen LogP contribution in [0.4, 0.5) is 19.6 Å². The van der Waals surface area contributed by atoms with Crippen LogP contribution in [0.2, 0.25) is 0 Å². The van der Waals surface area contributed by atoms with E-state index in [1.165, 1.54) is 6.07 Å². The number of rotatable bonds is 5. The minimum Gasteiger partial charge on any atom is -0.461 e. The number of halogens is 2. The van der Waals surface area contributed by atoms with Gasteiger partial charge in [-0.3, -0.25) is 9.58 Å². The molecule has 12 nitrogen and oxygen atoms in total. The second-order valence-corrected chi connectivity index (χ2v) is 14.5. The summed E-state index contributed by atoms with van der Waals surface area (Å²) in [7, 11) is 3.69. The van der Waals surface area contributed by atoms with Crippen molar-refractivity contribution in [2.45, 2.75) is 37.3 Å². The van der Waals surface area contributed by atoms with Crippen molar-refractivity contribution in [1.29, 1.82) is 5.26 Å². The van der Waals surface area contributed by atoms with Crippen LogP contribution in [0.15, 0.2) is 24.0 Å². The molecule has 0 saturated carbocycles. The first kappa shape index (κ1) is 30.9. The number of nitriles is 1. The molecule has 3 aliphatic rings. The third kappa shape index (κ3) is 4.65. The molecule has 0 aliphatic carbocycles. The molecule has 3 fully saturated rings. The van der Waals surface area contributed by atoms with Crippen LogP contribution in [0.25, 0.3) is 43.4 Å². The molecule has 0 unspecified atom stereocenters. The highest BCUT2D eigenvalue weighted by molar-refractivity contribution is 7.23. The lowest BCUT2D eigenvalue weighted by molar-refractivity contribution is -0.0123. The number of anilines is 2. The van der Waals surface area contributed by atoms with E-state index in [9.17, 15) is 14.8 Å². The molecule has 7 heterocycles. The fourth-order valence-corrected chi connectivity index (χ4v) is 8.85. The Morgan fingerprint density at radius 3 is 2.85 bits per heavy atom. The average Bonchev–Trinajstić information content (AvgIpc) is 3.82. The van der Waals surface area contributed by atoms with Crippen molar-refractivity contribution in [3.8, 4) is 23.3 Å². The molecule has 3 aliphatic heterocycles. The second kappa shape index (κ2) is 11.1. The number of β-amino-alcohol motifs (C(OH)–C–C–N with tert-alkyl or cyclic N) is 1. The van der Waals surface area contributed by atoms with Crippen molar-refractivity contribution in [3.05, 3.63) is 35.4 Å². The normalized spacial score (nSPS) is 24.3. The Bertz CT molecular complexity index is 2200. The van der Waals surface area contributed by atoms with E-state index in [1.807, 2.05) is 23.6 Å². The molecule has 48 heavy (non-hydrogen) atoms. The van der Waals surface area contributed by atoms with E-state index in [0.29, 0.717) is 82.8 Å². The number of aryl methyl sites for hydroxylation is 2. The number of thiophene rings is 1. The van der Waals surface area contributed by atoms with Crippen LogP contribution < -0.4 is 15.4 Å². The smallest absolute Gasteiger partial charge is 0.320 e. The summed E-state index contributed by atoms with van der Waals surface area (Å²) in [5, 5.41) is 27.4. The molecule has 1 aromatic carbocycles. The summed E-state index contributed by atoms with van der Waals surface area (Å²) < 4.78 is 44.7. The molecular formula is C33H35F2N9O3S. The fraction of sp³-hybridized carbons (Fsp3) is 0.455. The summed E-state index contributed by atoms with van der Waals surface area (Å²) in [6.07, 6.45) is 3.21. The zero-order valence-corrected chi connectivity index (χ0v) is 27.7. The zero-order valence-electron chi connectivity index (χ0n) is 26.9. The van der Waals surface area contributed by atoms with Crippen LogP contribution in [0.5, 0.6) is 6.01 Å². The van der Waals surface area contributed by atoms with Gasteiger partial charge in [0, 0.05) is 38.1 Å². The van der Waals surface area contributed by atoms with Gasteiger partial charge in [-0.25, -0.2) is 8.78 Å². The van der Waals surface area contributed by atoms with Gasteiger partial charge in [-0.05, 0) is 50.4 Å². The molecule has 0 radical (unpaired) electrons. The maximum atomic E-state index is 15.0. The number of hydrogen-bond acceptors (Lipinski definition) is 11. The molecule has 15 heteroatoms. The first-order chi connectivity index (χ1) is 23.0. The minimum absolute atomic E-state index is 0.170. The Balaban J connectivity index is 1.33. The molecule has 0 spiro atoms. The van der Waals surface area contributed by atoms with Gasteiger partial charge in [0.1, 0.15) is 40.6 Å². The third-order valence-corrected chi connectivity index (χ3v) is 11.0. The largest absolute Gasteiger partial charge is 0.461 e. The Morgan fingerprint density at radius 2 is 2.06 bits per heavy atom. The molecule has 3 saturated heterocycles. The van der Waals surface area contributed by atoms with Gasteiger partial charge in [0.25, 0.3) is 0 Å². The fourth-order valence-electron chi connectivity index (χ4n) is 7.90. The molecule has 250 valence electrons. The van der Waals surface area contributed by atoms with E-state index in [4.69, 9.17) is 30.3 Å². The van der Waals surface area contributed by atoms with Crippen LogP contribution in [0.1, 0.15) is 31.7 Å². The molecule has 8 rings (SSSR count). The highest BCUT2D eigenvalue weighted by Gasteiger charge is 2.47. The Morgan fingerprint density at radius 1 is 1.23 bits per heavy atom. The van der Waals surface area contributed by atoms with E-state index in [1.54, 1.807) is 17.7 Å². The number of aliphatic hydroxyl groups is 1. The summed E-state index contributed by atoms with van der Waals surface area (Å²) in [5.74, 6) is 0.0949. The molecule has 2 atom stereocenters. The predicted molar refractivity (Wildman–Crippen MR) is 179 cm³/mol. The van der Waals surface area contributed by atoms with E-state index < -0.39 is 11.4 Å². The van der Waals surface area contributed by atoms with Crippen molar-refractivity contribution >= 4 is 54.3 Å². The van der Waals surface area contributed by atoms with Crippen LogP contribution in [0.3, 0.4) is 0 Å². The van der Waals surface area contributed by atoms with Crippen molar-refractivity contribution in [3.63, 3.8) is 0 Å². The van der Waals surface area contributed by atoms with Crippen LogP contribution >= 0.6 is 11.3 Å². The highest BCUT2D eigenvalue weighted by atomic mass is 32.1. The highest BCUT2D eigenvalue weighted by Crippen LogP contribution is 2.46. The number of aromatic nitrogens is 5. The van der Waals surface area contributed by atoms with Crippen molar-refractivity contribution in [2.24, 2.45) is 14.1 Å². The van der Waals surface area contributed by atoms with E-state index in [0.717, 1.165) is 41.8 Å². The molecular weight excluding hydrogens is 640 g/mol. The Kier molecular flexibility index (Phi) is 7.15. The van der Waals surface area contributed by atoms with Gasteiger partial charge in [-0.15, -0.1) is 11.3 Å². The van der Waals surface area contributed by atoms with Crippen LogP contribution in [0, 0.1) is 17.1 Å². The molecule has 4 aromatic heterocycles. The van der Waals surface area contributed by atoms with Crippen LogP contribution in [-0.2, 0) is 18.8 Å². The molecule has 0 amide bonds. The SMILES string of the molecule is Cn1nc(-c2ccc(F)c3sc(N)c(C#N)c23)c2c1c1c(N3CCOC[C@@](C)(O)C3)nc(OC[C@@]34CCCN3C/C(=C\F)C4)nc1n2C.